The lowest BCUT2D eigenvalue weighted by Crippen LogP contribution is -2.73. The third-order valence-corrected chi connectivity index (χ3v) is 7.40. The number of cyclic esters (lactones) is 1. The molecule has 0 unspecified atom stereocenters. The summed E-state index contributed by atoms with van der Waals surface area (Å²) >= 11 is 0. The van der Waals surface area contributed by atoms with Crippen LogP contribution in [0.2, 0.25) is 0 Å². The van der Waals surface area contributed by atoms with E-state index in [1.54, 1.807) is 4.90 Å². The van der Waals surface area contributed by atoms with E-state index in [0.29, 0.717) is 19.5 Å². The number of alkyl carbamates (subject to hydrolysis) is 1. The van der Waals surface area contributed by atoms with E-state index in [2.05, 4.69) is 10.1 Å². The highest BCUT2D eigenvalue weighted by molar-refractivity contribution is 7.89. The van der Waals surface area contributed by atoms with Crippen LogP contribution in [0.4, 0.5) is 18.0 Å². The van der Waals surface area contributed by atoms with Gasteiger partial charge in [-0.05, 0) is 18.6 Å². The second-order valence-corrected chi connectivity index (χ2v) is 9.90. The molecule has 3 aliphatic heterocycles. The zero-order valence-electron chi connectivity index (χ0n) is 16.2. The zero-order valence-corrected chi connectivity index (χ0v) is 17.0. The van der Waals surface area contributed by atoms with Gasteiger partial charge in [0.1, 0.15) is 17.3 Å². The molecular formula is C18H20F3N3O6S. The van der Waals surface area contributed by atoms with E-state index < -0.39 is 33.1 Å². The SMILES string of the molecule is O=C1N[C@H](CCC(=O)N2CC3(C2)CN(S(=O)(=O)c2ccccc2OC(F)(F)F)C3)CO1. The molecule has 9 nitrogen and oxygen atoms in total. The highest BCUT2D eigenvalue weighted by atomic mass is 32.2. The smallest absolute Gasteiger partial charge is 0.447 e. The minimum Gasteiger partial charge on any atom is -0.447 e. The Morgan fingerprint density at radius 1 is 1.23 bits per heavy atom. The van der Waals surface area contributed by atoms with Gasteiger partial charge in [0, 0.05) is 38.0 Å². The molecule has 0 aliphatic carbocycles. The number of ether oxygens (including phenoxy) is 2. The number of carbonyl (C=O) groups excluding carboxylic acids is 2. The first-order chi connectivity index (χ1) is 14.5. The van der Waals surface area contributed by atoms with Gasteiger partial charge in [-0.2, -0.15) is 4.31 Å². The van der Waals surface area contributed by atoms with Gasteiger partial charge in [-0.1, -0.05) is 12.1 Å². The Labute approximate surface area is 176 Å². The van der Waals surface area contributed by atoms with Crippen LogP contribution in [0.3, 0.4) is 0 Å². The molecule has 3 fully saturated rings. The topological polar surface area (TPSA) is 105 Å². The normalized spacial score (nSPS) is 23.0. The van der Waals surface area contributed by atoms with Crippen LogP contribution in [0.15, 0.2) is 29.2 Å². The second kappa shape index (κ2) is 7.55. The molecule has 3 heterocycles. The molecule has 0 aromatic heterocycles. The van der Waals surface area contributed by atoms with Crippen LogP contribution in [-0.4, -0.2) is 74.8 Å². The van der Waals surface area contributed by atoms with Crippen LogP contribution in [0, 0.1) is 5.41 Å². The highest BCUT2D eigenvalue weighted by Crippen LogP contribution is 2.43. The van der Waals surface area contributed by atoms with Crippen molar-refractivity contribution in [3.05, 3.63) is 24.3 Å². The van der Waals surface area contributed by atoms with E-state index in [9.17, 15) is 31.2 Å². The Morgan fingerprint density at radius 2 is 1.90 bits per heavy atom. The van der Waals surface area contributed by atoms with Crippen LogP contribution < -0.4 is 10.1 Å². The van der Waals surface area contributed by atoms with Crippen molar-refractivity contribution in [2.75, 3.05) is 32.8 Å². The number of benzene rings is 1. The van der Waals surface area contributed by atoms with E-state index in [1.807, 2.05) is 0 Å². The number of para-hydroxylation sites is 1. The van der Waals surface area contributed by atoms with Gasteiger partial charge < -0.3 is 19.7 Å². The number of nitrogens with zero attached hydrogens (tertiary/aromatic N) is 2. The molecule has 1 spiro atoms. The maximum Gasteiger partial charge on any atom is 0.573 e. The van der Waals surface area contributed by atoms with Gasteiger partial charge in [-0.3, -0.25) is 4.79 Å². The molecule has 31 heavy (non-hydrogen) atoms. The van der Waals surface area contributed by atoms with E-state index in [4.69, 9.17) is 4.74 Å². The Bertz CT molecular complexity index is 985. The van der Waals surface area contributed by atoms with E-state index in [0.717, 1.165) is 16.4 Å². The number of alkyl halides is 3. The summed E-state index contributed by atoms with van der Waals surface area (Å²) in [6, 6.07) is 4.42. The third-order valence-electron chi connectivity index (χ3n) is 5.57. The maximum atomic E-state index is 12.8. The fraction of sp³-hybridized carbons (Fsp3) is 0.556. The quantitative estimate of drug-likeness (QED) is 0.682. The molecule has 2 amide bonds. The monoisotopic (exact) mass is 463 g/mol. The van der Waals surface area contributed by atoms with Crippen LogP contribution in [0.5, 0.6) is 5.75 Å². The van der Waals surface area contributed by atoms with Crippen molar-refractivity contribution < 1.29 is 40.7 Å². The largest absolute Gasteiger partial charge is 0.573 e. The predicted molar refractivity (Wildman–Crippen MR) is 98.4 cm³/mol. The molecule has 1 atom stereocenters. The Hall–Kier alpha value is -2.54. The number of hydrogen-bond donors (Lipinski definition) is 1. The van der Waals surface area contributed by atoms with Gasteiger partial charge in [0.2, 0.25) is 15.9 Å². The first kappa shape index (κ1) is 21.7. The molecule has 13 heteroatoms. The lowest BCUT2D eigenvalue weighted by atomic mass is 9.74. The number of nitrogens with one attached hydrogen (secondary N) is 1. The fourth-order valence-electron chi connectivity index (χ4n) is 4.06. The summed E-state index contributed by atoms with van der Waals surface area (Å²) in [6.45, 7) is 1.22. The molecule has 1 N–H and O–H groups in total. The average molecular weight is 463 g/mol. The molecule has 3 aliphatic rings. The van der Waals surface area contributed by atoms with E-state index in [1.165, 1.54) is 12.1 Å². The van der Waals surface area contributed by atoms with Crippen molar-refractivity contribution in [2.24, 2.45) is 5.41 Å². The summed E-state index contributed by atoms with van der Waals surface area (Å²) < 4.78 is 73.1. The minimum absolute atomic E-state index is 0.1000. The molecule has 0 saturated carbocycles. The van der Waals surface area contributed by atoms with Crippen LogP contribution in [-0.2, 0) is 19.6 Å². The summed E-state index contributed by atoms with van der Waals surface area (Å²) in [5.74, 6) is -0.874. The standard InChI is InChI=1S/C18H20F3N3O6S/c19-18(20,21)30-13-3-1-2-4-14(13)31(27,28)24-10-17(11-24)8-23(9-17)15(25)6-5-12-7-29-16(26)22-12/h1-4,12H,5-11H2,(H,22,26)/t12-/m1/s1. The minimum atomic E-state index is -5.01. The highest BCUT2D eigenvalue weighted by Gasteiger charge is 2.56. The van der Waals surface area contributed by atoms with Gasteiger partial charge in [0.15, 0.2) is 0 Å². The Kier molecular flexibility index (Phi) is 5.28. The van der Waals surface area contributed by atoms with Gasteiger partial charge in [-0.25, -0.2) is 13.2 Å². The number of likely N-dealkylation sites (tertiary alicyclic amines) is 1. The van der Waals surface area contributed by atoms with Crippen molar-refractivity contribution in [1.82, 2.24) is 14.5 Å². The lowest BCUT2D eigenvalue weighted by molar-refractivity contribution is -0.275. The van der Waals surface area contributed by atoms with E-state index >= 15 is 0 Å². The number of rotatable bonds is 6. The molecule has 1 aromatic rings. The number of hydrogen-bond acceptors (Lipinski definition) is 6. The number of halogens is 3. The van der Waals surface area contributed by atoms with Crippen LogP contribution in [0.1, 0.15) is 12.8 Å². The fourth-order valence-corrected chi connectivity index (χ4v) is 5.84. The maximum absolute atomic E-state index is 12.8. The first-order valence-electron chi connectivity index (χ1n) is 9.54. The summed E-state index contributed by atoms with van der Waals surface area (Å²) in [5.41, 5.74) is -0.382. The first-order valence-corrected chi connectivity index (χ1v) is 11.0. The molecule has 1 aromatic carbocycles. The molecule has 3 saturated heterocycles. The predicted octanol–water partition coefficient (Wildman–Crippen LogP) is 1.31. The average Bonchev–Trinajstić information content (AvgIpc) is 3.01. The van der Waals surface area contributed by atoms with Crippen LogP contribution in [0.25, 0.3) is 0 Å². The molecule has 0 radical (unpaired) electrons. The van der Waals surface area contributed by atoms with Crippen molar-refractivity contribution in [3.63, 3.8) is 0 Å². The van der Waals surface area contributed by atoms with Gasteiger partial charge in [0.05, 0.1) is 6.04 Å². The lowest BCUT2D eigenvalue weighted by Gasteiger charge is -2.59. The number of carbonyl (C=O) groups is 2. The number of sulfonamides is 1. The number of amides is 2. The van der Waals surface area contributed by atoms with Gasteiger partial charge in [0.25, 0.3) is 0 Å². The Morgan fingerprint density at radius 3 is 2.52 bits per heavy atom. The van der Waals surface area contributed by atoms with Crippen molar-refractivity contribution in [2.45, 2.75) is 30.1 Å². The van der Waals surface area contributed by atoms with Crippen molar-refractivity contribution >= 4 is 22.0 Å². The summed E-state index contributed by atoms with van der Waals surface area (Å²) in [5, 5.41) is 2.59. The van der Waals surface area contributed by atoms with Crippen LogP contribution >= 0.6 is 0 Å². The second-order valence-electron chi connectivity index (χ2n) is 8.00. The van der Waals surface area contributed by atoms with Gasteiger partial charge >= 0.3 is 12.5 Å². The molecule has 170 valence electrons. The zero-order chi connectivity index (χ0) is 22.4. The molecule has 0 bridgehead atoms. The Balaban J connectivity index is 1.31. The van der Waals surface area contributed by atoms with Crippen molar-refractivity contribution in [3.8, 4) is 5.75 Å². The summed E-state index contributed by atoms with van der Waals surface area (Å²) in [6.07, 6.45) is -4.83. The molecule has 4 rings (SSSR count). The molecular weight excluding hydrogens is 443 g/mol. The van der Waals surface area contributed by atoms with Gasteiger partial charge in [-0.15, -0.1) is 13.2 Å². The third kappa shape index (κ3) is 4.42. The van der Waals surface area contributed by atoms with E-state index in [-0.39, 0.29) is 43.5 Å². The summed E-state index contributed by atoms with van der Waals surface area (Å²) in [4.78, 5) is 24.3. The summed E-state index contributed by atoms with van der Waals surface area (Å²) in [7, 11) is -4.17. The van der Waals surface area contributed by atoms with Crippen molar-refractivity contribution in [1.29, 1.82) is 0 Å².